The molecule has 2 aromatic heterocycles. The number of nitrogens with zero attached hydrogens (tertiary/aromatic N) is 3. The first-order valence-corrected chi connectivity index (χ1v) is 9.73. The highest BCUT2D eigenvalue weighted by Crippen LogP contribution is 2.19. The van der Waals surface area contributed by atoms with Gasteiger partial charge in [0.25, 0.3) is 0 Å². The Morgan fingerprint density at radius 1 is 1.20 bits per heavy atom. The van der Waals surface area contributed by atoms with Gasteiger partial charge in [0.15, 0.2) is 11.7 Å². The summed E-state index contributed by atoms with van der Waals surface area (Å²) in [6.07, 6.45) is 2.28. The number of aromatic nitrogens is 2. The number of rotatable bonds is 8. The minimum atomic E-state index is -0.286. The average Bonchev–Trinajstić information content (AvgIpc) is 3.36. The molecule has 3 rings (SSSR count). The molecule has 0 aliphatic rings. The number of nitrogens with one attached hydrogen (secondary N) is 2. The zero-order chi connectivity index (χ0) is 20.6. The molecule has 2 N–H and O–H groups in total. The highest BCUT2D eigenvalue weighted by atomic mass is 127. The summed E-state index contributed by atoms with van der Waals surface area (Å²) in [5.41, 5.74) is 2.48. The zero-order valence-electron chi connectivity index (χ0n) is 17.3. The molecular weight excluding hydrogens is 500 g/mol. The second-order valence-electron chi connectivity index (χ2n) is 6.90. The minimum Gasteiger partial charge on any atom is -0.444 e. The highest BCUT2D eigenvalue weighted by Gasteiger charge is 2.09. The van der Waals surface area contributed by atoms with Crippen molar-refractivity contribution >= 4 is 29.9 Å². The SMILES string of the molecule is CCNC(=NCc1cc(C(C)C)no1)NCCc1coc(-c2ccc(F)cc2)n1.I. The fourth-order valence-electron chi connectivity index (χ4n) is 2.63. The zero-order valence-corrected chi connectivity index (χ0v) is 19.6. The Balaban J connectivity index is 0.00000320. The van der Waals surface area contributed by atoms with Crippen molar-refractivity contribution in [1.82, 2.24) is 20.8 Å². The van der Waals surface area contributed by atoms with E-state index in [2.05, 4.69) is 39.6 Å². The maximum Gasteiger partial charge on any atom is 0.226 e. The van der Waals surface area contributed by atoms with Crippen LogP contribution in [0.2, 0.25) is 0 Å². The Labute approximate surface area is 192 Å². The molecule has 0 saturated carbocycles. The summed E-state index contributed by atoms with van der Waals surface area (Å²) < 4.78 is 23.9. The molecule has 0 unspecified atom stereocenters. The quantitative estimate of drug-likeness (QED) is 0.255. The number of guanidine groups is 1. The van der Waals surface area contributed by atoms with Crippen molar-refractivity contribution in [2.75, 3.05) is 13.1 Å². The van der Waals surface area contributed by atoms with Crippen molar-refractivity contribution in [3.05, 3.63) is 59.6 Å². The van der Waals surface area contributed by atoms with Crippen molar-refractivity contribution in [3.63, 3.8) is 0 Å². The summed E-state index contributed by atoms with van der Waals surface area (Å²) in [6.45, 7) is 7.94. The van der Waals surface area contributed by atoms with Crippen molar-refractivity contribution in [3.8, 4) is 11.5 Å². The minimum absolute atomic E-state index is 0. The van der Waals surface area contributed by atoms with E-state index < -0.39 is 0 Å². The Kier molecular flexibility index (Phi) is 9.28. The van der Waals surface area contributed by atoms with E-state index in [9.17, 15) is 4.39 Å². The third-order valence-electron chi connectivity index (χ3n) is 4.22. The van der Waals surface area contributed by atoms with E-state index in [1.54, 1.807) is 18.4 Å². The first kappa shape index (κ1) is 23.8. The van der Waals surface area contributed by atoms with Gasteiger partial charge in [-0.05, 0) is 37.1 Å². The third kappa shape index (κ3) is 6.82. The molecule has 0 amide bonds. The summed E-state index contributed by atoms with van der Waals surface area (Å²) >= 11 is 0. The van der Waals surface area contributed by atoms with Crippen LogP contribution in [0.1, 0.15) is 43.8 Å². The summed E-state index contributed by atoms with van der Waals surface area (Å²) in [6, 6.07) is 8.00. The molecule has 9 heteroatoms. The normalized spacial score (nSPS) is 11.4. The molecule has 2 heterocycles. The molecule has 0 aliphatic heterocycles. The van der Waals surface area contributed by atoms with Gasteiger partial charge in [0.1, 0.15) is 18.6 Å². The van der Waals surface area contributed by atoms with Crippen LogP contribution in [-0.2, 0) is 13.0 Å². The van der Waals surface area contributed by atoms with E-state index in [0.717, 1.165) is 29.3 Å². The van der Waals surface area contributed by atoms with Crippen molar-refractivity contribution in [1.29, 1.82) is 0 Å². The summed E-state index contributed by atoms with van der Waals surface area (Å²) in [5.74, 6) is 1.94. The van der Waals surface area contributed by atoms with Gasteiger partial charge in [-0.15, -0.1) is 24.0 Å². The standard InChI is InChI=1S/C21H26FN5O2.HI/c1-4-23-21(25-12-18-11-19(14(2)3)27-29-18)24-10-9-17-13-28-20(26-17)15-5-7-16(22)8-6-15;/h5-8,11,13-14H,4,9-10,12H2,1-3H3,(H2,23,24,25);1H. The van der Waals surface area contributed by atoms with Gasteiger partial charge < -0.3 is 19.6 Å². The average molecular weight is 527 g/mol. The van der Waals surface area contributed by atoms with Gasteiger partial charge in [-0.1, -0.05) is 19.0 Å². The van der Waals surface area contributed by atoms with E-state index >= 15 is 0 Å². The van der Waals surface area contributed by atoms with Gasteiger partial charge in [-0.2, -0.15) is 0 Å². The van der Waals surface area contributed by atoms with Crippen LogP contribution in [0.5, 0.6) is 0 Å². The maximum atomic E-state index is 13.0. The molecule has 0 spiro atoms. The van der Waals surface area contributed by atoms with Gasteiger partial charge in [0.05, 0.1) is 11.4 Å². The Hall–Kier alpha value is -2.43. The lowest BCUT2D eigenvalue weighted by atomic mass is 10.1. The highest BCUT2D eigenvalue weighted by molar-refractivity contribution is 14.0. The molecule has 1 aromatic carbocycles. The number of halogens is 2. The monoisotopic (exact) mass is 527 g/mol. The largest absolute Gasteiger partial charge is 0.444 e. The molecule has 0 atom stereocenters. The van der Waals surface area contributed by atoms with E-state index in [-0.39, 0.29) is 29.8 Å². The number of oxazole rings is 1. The molecule has 0 saturated heterocycles. The second-order valence-corrected chi connectivity index (χ2v) is 6.90. The van der Waals surface area contributed by atoms with Gasteiger partial charge in [-0.3, -0.25) is 0 Å². The lowest BCUT2D eigenvalue weighted by molar-refractivity contribution is 0.376. The molecule has 0 bridgehead atoms. The number of hydrogen-bond acceptors (Lipinski definition) is 5. The van der Waals surface area contributed by atoms with Crippen LogP contribution >= 0.6 is 24.0 Å². The predicted molar refractivity (Wildman–Crippen MR) is 124 cm³/mol. The lowest BCUT2D eigenvalue weighted by Crippen LogP contribution is -2.38. The molecule has 162 valence electrons. The van der Waals surface area contributed by atoms with Crippen LogP contribution < -0.4 is 10.6 Å². The van der Waals surface area contributed by atoms with E-state index in [1.165, 1.54) is 12.1 Å². The summed E-state index contributed by atoms with van der Waals surface area (Å²) in [7, 11) is 0. The van der Waals surface area contributed by atoms with Gasteiger partial charge in [0.2, 0.25) is 5.89 Å². The van der Waals surface area contributed by atoms with Crippen LogP contribution in [0, 0.1) is 5.82 Å². The number of hydrogen-bond donors (Lipinski definition) is 2. The topological polar surface area (TPSA) is 88.5 Å². The van der Waals surface area contributed by atoms with Gasteiger partial charge in [-0.25, -0.2) is 14.4 Å². The van der Waals surface area contributed by atoms with Gasteiger partial charge in [0, 0.05) is 31.1 Å². The van der Waals surface area contributed by atoms with Crippen molar-refractivity contribution in [2.24, 2.45) is 4.99 Å². The lowest BCUT2D eigenvalue weighted by Gasteiger charge is -2.09. The van der Waals surface area contributed by atoms with E-state index in [0.29, 0.717) is 37.3 Å². The Bertz CT molecular complexity index is 937. The Morgan fingerprint density at radius 2 is 1.97 bits per heavy atom. The second kappa shape index (κ2) is 11.7. The molecule has 0 fully saturated rings. The van der Waals surface area contributed by atoms with Crippen LogP contribution in [-0.4, -0.2) is 29.2 Å². The fourth-order valence-corrected chi connectivity index (χ4v) is 2.63. The number of aliphatic imine (C=N–C) groups is 1. The Morgan fingerprint density at radius 3 is 2.63 bits per heavy atom. The molecular formula is C21H27FIN5O2. The third-order valence-corrected chi connectivity index (χ3v) is 4.22. The summed E-state index contributed by atoms with van der Waals surface area (Å²) in [4.78, 5) is 8.98. The van der Waals surface area contributed by atoms with E-state index in [4.69, 9.17) is 8.94 Å². The van der Waals surface area contributed by atoms with Crippen LogP contribution in [0.15, 0.2) is 50.5 Å². The molecule has 7 nitrogen and oxygen atoms in total. The first-order chi connectivity index (χ1) is 14.0. The van der Waals surface area contributed by atoms with Crippen molar-refractivity contribution < 1.29 is 13.3 Å². The van der Waals surface area contributed by atoms with Crippen LogP contribution in [0.3, 0.4) is 0 Å². The van der Waals surface area contributed by atoms with Crippen LogP contribution in [0.25, 0.3) is 11.5 Å². The molecule has 0 radical (unpaired) electrons. The predicted octanol–water partition coefficient (Wildman–Crippen LogP) is 4.51. The summed E-state index contributed by atoms with van der Waals surface area (Å²) in [5, 5.41) is 10.5. The van der Waals surface area contributed by atoms with Crippen LogP contribution in [0.4, 0.5) is 4.39 Å². The fraction of sp³-hybridized carbons (Fsp3) is 0.381. The maximum absolute atomic E-state index is 13.0. The van der Waals surface area contributed by atoms with Crippen molar-refractivity contribution in [2.45, 2.75) is 39.7 Å². The molecule has 0 aliphatic carbocycles. The molecule has 30 heavy (non-hydrogen) atoms. The first-order valence-electron chi connectivity index (χ1n) is 9.73. The van der Waals surface area contributed by atoms with E-state index in [1.807, 2.05) is 13.0 Å². The smallest absolute Gasteiger partial charge is 0.226 e. The van der Waals surface area contributed by atoms with Gasteiger partial charge >= 0.3 is 0 Å². The molecule has 3 aromatic rings. The number of benzene rings is 1.